The average molecular weight is 237 g/mol. The molecule has 3 unspecified atom stereocenters. The summed E-state index contributed by atoms with van der Waals surface area (Å²) in [7, 11) is 0. The predicted molar refractivity (Wildman–Crippen MR) is 53.1 cm³/mol. The van der Waals surface area contributed by atoms with Gasteiger partial charge in [0.25, 0.3) is 11.8 Å². The summed E-state index contributed by atoms with van der Waals surface area (Å²) in [4.78, 5) is 39.2. The summed E-state index contributed by atoms with van der Waals surface area (Å²) in [6.45, 7) is 0. The van der Waals surface area contributed by atoms with Gasteiger partial charge in [0.05, 0.1) is 18.1 Å². The number of rotatable bonds is 2. The van der Waals surface area contributed by atoms with Crippen LogP contribution in [0.2, 0.25) is 0 Å². The first-order valence-corrected chi connectivity index (χ1v) is 5.56. The molecule has 6 heteroatoms. The summed E-state index contributed by atoms with van der Waals surface area (Å²) in [6.07, 6.45) is 4.17. The largest absolute Gasteiger partial charge is 0.366 e. The predicted octanol–water partition coefficient (Wildman–Crippen LogP) is -0.0629. The van der Waals surface area contributed by atoms with E-state index in [4.69, 9.17) is 9.57 Å². The Kier molecular flexibility index (Phi) is 2.25. The Morgan fingerprint density at radius 3 is 2.53 bits per heavy atom. The number of hydroxylamine groups is 2. The first kappa shape index (κ1) is 10.5. The highest BCUT2D eigenvalue weighted by Gasteiger charge is 2.44. The van der Waals surface area contributed by atoms with Crippen LogP contribution in [0.25, 0.3) is 0 Å². The zero-order valence-electron chi connectivity index (χ0n) is 9.00. The molecule has 0 saturated carbocycles. The number of ether oxygens (including phenoxy) is 1. The average Bonchev–Trinajstić information content (AvgIpc) is 2.99. The Bertz CT molecular complexity index is 414. The molecule has 6 nitrogen and oxygen atoms in total. The molecule has 0 spiro atoms. The molecule has 0 aliphatic carbocycles. The van der Waals surface area contributed by atoms with Crippen molar-refractivity contribution in [2.24, 2.45) is 5.92 Å². The first-order valence-electron chi connectivity index (χ1n) is 5.56. The monoisotopic (exact) mass is 237 g/mol. The van der Waals surface area contributed by atoms with E-state index in [1.165, 1.54) is 0 Å². The molecule has 3 heterocycles. The van der Waals surface area contributed by atoms with Crippen LogP contribution in [0.5, 0.6) is 0 Å². The second-order valence-electron chi connectivity index (χ2n) is 4.36. The summed E-state index contributed by atoms with van der Waals surface area (Å²) in [5.74, 6) is -1.89. The van der Waals surface area contributed by atoms with E-state index in [0.29, 0.717) is 11.5 Å². The quantitative estimate of drug-likeness (QED) is 0.497. The lowest BCUT2D eigenvalue weighted by molar-refractivity contribution is -0.201. The van der Waals surface area contributed by atoms with E-state index in [1.54, 1.807) is 0 Å². The topological polar surface area (TPSA) is 72.9 Å². The molecular weight excluding hydrogens is 226 g/mol. The summed E-state index contributed by atoms with van der Waals surface area (Å²) in [5, 5.41) is 0.581. The van der Waals surface area contributed by atoms with Gasteiger partial charge in [-0.05, 0) is 6.42 Å². The van der Waals surface area contributed by atoms with Crippen molar-refractivity contribution in [3.63, 3.8) is 0 Å². The second kappa shape index (κ2) is 3.66. The van der Waals surface area contributed by atoms with Crippen LogP contribution in [0.1, 0.15) is 19.3 Å². The molecule has 3 rings (SSSR count). The van der Waals surface area contributed by atoms with Gasteiger partial charge >= 0.3 is 5.97 Å². The van der Waals surface area contributed by atoms with Gasteiger partial charge in [-0.25, -0.2) is 4.79 Å². The van der Waals surface area contributed by atoms with Gasteiger partial charge in [0.15, 0.2) is 0 Å². The standard InChI is InChI=1S/C11H11NO5/c13-9-3-4-10(14)12(9)17-11(15)7-5-6-1-2-8(7)16-6/h1-2,6-8H,3-5H2. The van der Waals surface area contributed by atoms with Crippen molar-refractivity contribution in [2.45, 2.75) is 31.5 Å². The van der Waals surface area contributed by atoms with Gasteiger partial charge in [-0.3, -0.25) is 9.59 Å². The van der Waals surface area contributed by atoms with Crippen LogP contribution in [-0.2, 0) is 24.0 Å². The van der Waals surface area contributed by atoms with E-state index in [1.807, 2.05) is 12.2 Å². The Morgan fingerprint density at radius 1 is 1.29 bits per heavy atom. The van der Waals surface area contributed by atoms with Crippen LogP contribution in [0, 0.1) is 5.92 Å². The number of carbonyl (C=O) groups excluding carboxylic acids is 3. The third kappa shape index (κ3) is 1.64. The number of imide groups is 1. The molecule has 3 aliphatic rings. The van der Waals surface area contributed by atoms with Crippen LogP contribution in [0.3, 0.4) is 0 Å². The van der Waals surface area contributed by atoms with Crippen molar-refractivity contribution in [3.8, 4) is 0 Å². The zero-order valence-corrected chi connectivity index (χ0v) is 9.00. The number of hydrogen-bond donors (Lipinski definition) is 0. The van der Waals surface area contributed by atoms with Crippen molar-refractivity contribution >= 4 is 17.8 Å². The number of hydrogen-bond acceptors (Lipinski definition) is 5. The Morgan fingerprint density at radius 2 is 2.00 bits per heavy atom. The van der Waals surface area contributed by atoms with Crippen molar-refractivity contribution in [3.05, 3.63) is 12.2 Å². The van der Waals surface area contributed by atoms with Crippen molar-refractivity contribution in [1.82, 2.24) is 5.06 Å². The summed E-state index contributed by atoms with van der Waals surface area (Å²) < 4.78 is 5.42. The minimum absolute atomic E-state index is 0.0393. The molecule has 3 aliphatic heterocycles. The van der Waals surface area contributed by atoms with Crippen LogP contribution in [0.15, 0.2) is 12.2 Å². The summed E-state index contributed by atoms with van der Waals surface area (Å²) in [5.41, 5.74) is 0. The highest BCUT2D eigenvalue weighted by atomic mass is 16.7. The molecule has 2 saturated heterocycles. The van der Waals surface area contributed by atoms with Gasteiger partial charge in [-0.1, -0.05) is 12.2 Å². The zero-order chi connectivity index (χ0) is 12.0. The highest BCUT2D eigenvalue weighted by molar-refractivity contribution is 6.01. The van der Waals surface area contributed by atoms with Gasteiger partial charge in [-0.15, -0.1) is 5.06 Å². The SMILES string of the molecule is O=C(ON1C(=O)CCC1=O)C1CC2C=CC1O2. The Hall–Kier alpha value is -1.69. The molecule has 2 amide bonds. The summed E-state index contributed by atoms with van der Waals surface area (Å²) >= 11 is 0. The van der Waals surface area contributed by atoms with Crippen molar-refractivity contribution < 1.29 is 24.0 Å². The Labute approximate surface area is 97.1 Å². The molecule has 0 aromatic rings. The van der Waals surface area contributed by atoms with Crippen molar-refractivity contribution in [2.75, 3.05) is 0 Å². The van der Waals surface area contributed by atoms with Gasteiger partial charge in [0, 0.05) is 12.8 Å². The second-order valence-corrected chi connectivity index (χ2v) is 4.36. The number of nitrogens with zero attached hydrogens (tertiary/aromatic N) is 1. The molecule has 17 heavy (non-hydrogen) atoms. The molecule has 0 aromatic heterocycles. The third-order valence-electron chi connectivity index (χ3n) is 3.22. The highest BCUT2D eigenvalue weighted by Crippen LogP contribution is 2.34. The fourth-order valence-electron chi connectivity index (χ4n) is 2.32. The smallest absolute Gasteiger partial charge is 0.339 e. The van der Waals surface area contributed by atoms with Gasteiger partial charge in [0.2, 0.25) is 0 Å². The third-order valence-corrected chi connectivity index (χ3v) is 3.22. The van der Waals surface area contributed by atoms with E-state index in [2.05, 4.69) is 0 Å². The lowest BCUT2D eigenvalue weighted by Gasteiger charge is -2.18. The first-order chi connectivity index (χ1) is 8.15. The maximum Gasteiger partial charge on any atom is 0.339 e. The molecular formula is C11H11NO5. The van der Waals surface area contributed by atoms with Crippen LogP contribution < -0.4 is 0 Å². The van der Waals surface area contributed by atoms with Gasteiger partial charge in [-0.2, -0.15) is 0 Å². The molecule has 0 aromatic carbocycles. The fraction of sp³-hybridized carbons (Fsp3) is 0.545. The lowest BCUT2D eigenvalue weighted by Crippen LogP contribution is -2.36. The molecule has 3 atom stereocenters. The molecule has 0 radical (unpaired) electrons. The van der Waals surface area contributed by atoms with Crippen molar-refractivity contribution in [1.29, 1.82) is 0 Å². The minimum Gasteiger partial charge on any atom is -0.366 e. The minimum atomic E-state index is -0.564. The fourth-order valence-corrected chi connectivity index (χ4v) is 2.32. The normalized spacial score (nSPS) is 34.8. The van der Waals surface area contributed by atoms with E-state index >= 15 is 0 Å². The molecule has 2 fully saturated rings. The van der Waals surface area contributed by atoms with Gasteiger partial charge in [0.1, 0.15) is 0 Å². The van der Waals surface area contributed by atoms with Crippen LogP contribution in [-0.4, -0.2) is 35.1 Å². The number of amides is 2. The Balaban J connectivity index is 1.66. The maximum atomic E-state index is 11.8. The van der Waals surface area contributed by atoms with Crippen LogP contribution in [0.4, 0.5) is 0 Å². The number of fused-ring (bicyclic) bond motifs is 2. The van der Waals surface area contributed by atoms with Gasteiger partial charge < -0.3 is 9.57 Å². The van der Waals surface area contributed by atoms with E-state index < -0.39 is 23.7 Å². The number of carbonyl (C=O) groups is 3. The van der Waals surface area contributed by atoms with Crippen LogP contribution >= 0.6 is 0 Å². The molecule has 0 N–H and O–H groups in total. The van der Waals surface area contributed by atoms with E-state index in [9.17, 15) is 14.4 Å². The maximum absolute atomic E-state index is 11.8. The van der Waals surface area contributed by atoms with E-state index in [-0.39, 0.29) is 25.0 Å². The lowest BCUT2D eigenvalue weighted by atomic mass is 9.95. The molecule has 2 bridgehead atoms. The van der Waals surface area contributed by atoms with E-state index in [0.717, 1.165) is 0 Å². The molecule has 90 valence electrons. The summed E-state index contributed by atoms with van der Waals surface area (Å²) in [6, 6.07) is 0.